The molecule has 2 aromatic rings. The van der Waals surface area contributed by atoms with Gasteiger partial charge in [0.2, 0.25) is 11.8 Å². The van der Waals surface area contributed by atoms with Crippen LogP contribution in [0.2, 0.25) is 0 Å². The maximum atomic E-state index is 12.0. The second-order valence-corrected chi connectivity index (χ2v) is 5.83. The first kappa shape index (κ1) is 18.5. The van der Waals surface area contributed by atoms with Gasteiger partial charge in [-0.25, -0.2) is 0 Å². The Kier molecular flexibility index (Phi) is 7.01. The van der Waals surface area contributed by atoms with Gasteiger partial charge < -0.3 is 15.0 Å². The predicted molar refractivity (Wildman–Crippen MR) is 98.7 cm³/mol. The Hall–Kier alpha value is -2.82. The summed E-state index contributed by atoms with van der Waals surface area (Å²) < 4.78 is 5.70. The zero-order valence-corrected chi connectivity index (χ0v) is 14.7. The van der Waals surface area contributed by atoms with Gasteiger partial charge in [0.1, 0.15) is 17.9 Å². The van der Waals surface area contributed by atoms with Crippen LogP contribution in [0.4, 0.5) is 5.69 Å². The van der Waals surface area contributed by atoms with Gasteiger partial charge in [-0.2, -0.15) is 0 Å². The lowest BCUT2D eigenvalue weighted by Gasteiger charge is -2.16. The van der Waals surface area contributed by atoms with Gasteiger partial charge in [0.15, 0.2) is 0 Å². The van der Waals surface area contributed by atoms with E-state index in [9.17, 15) is 9.59 Å². The average Bonchev–Trinajstić information content (AvgIpc) is 2.62. The zero-order valence-electron chi connectivity index (χ0n) is 14.7. The van der Waals surface area contributed by atoms with Gasteiger partial charge in [0.05, 0.1) is 0 Å². The van der Waals surface area contributed by atoms with Crippen molar-refractivity contribution in [2.24, 2.45) is 0 Å². The molecule has 5 nitrogen and oxygen atoms in total. The number of hydrogen-bond donors (Lipinski definition) is 1. The van der Waals surface area contributed by atoms with Gasteiger partial charge in [-0.05, 0) is 42.8 Å². The maximum absolute atomic E-state index is 12.0. The first-order valence-corrected chi connectivity index (χ1v) is 8.45. The second kappa shape index (κ2) is 9.47. The fraction of sp³-hybridized carbons (Fsp3) is 0.300. The molecule has 0 saturated carbocycles. The number of nitrogens with zero attached hydrogens (tertiary/aromatic N) is 1. The summed E-state index contributed by atoms with van der Waals surface area (Å²) in [4.78, 5) is 25.5. The third kappa shape index (κ3) is 6.30. The van der Waals surface area contributed by atoms with Crippen molar-refractivity contribution in [3.05, 3.63) is 54.6 Å². The molecular weight excluding hydrogens is 316 g/mol. The van der Waals surface area contributed by atoms with Crippen molar-refractivity contribution < 1.29 is 14.3 Å². The molecule has 0 bridgehead atoms. The van der Waals surface area contributed by atoms with E-state index in [0.717, 1.165) is 18.6 Å². The minimum Gasteiger partial charge on any atom is -0.457 e. The number of nitrogens with one attached hydrogen (secondary N) is 1. The highest BCUT2D eigenvalue weighted by molar-refractivity contribution is 6.03. The first-order chi connectivity index (χ1) is 12.1. The van der Waals surface area contributed by atoms with Gasteiger partial charge in [-0.15, -0.1) is 0 Å². The number of carbonyl (C=O) groups is 2. The maximum Gasteiger partial charge on any atom is 0.233 e. The molecular formula is C20H24N2O3. The number of para-hydroxylation sites is 1. The predicted octanol–water partition coefficient (Wildman–Crippen LogP) is 4.07. The highest BCUT2D eigenvalue weighted by Gasteiger charge is 2.13. The summed E-state index contributed by atoms with van der Waals surface area (Å²) in [5, 5.41) is 2.73. The van der Waals surface area contributed by atoms with E-state index in [1.807, 2.05) is 30.3 Å². The molecule has 0 aliphatic heterocycles. The molecule has 0 unspecified atom stereocenters. The van der Waals surface area contributed by atoms with E-state index in [1.54, 1.807) is 36.2 Å². The molecule has 0 heterocycles. The average molecular weight is 340 g/mol. The minimum atomic E-state index is -0.315. The Bertz CT molecular complexity index is 684. The summed E-state index contributed by atoms with van der Waals surface area (Å²) in [6.07, 6.45) is 1.80. The zero-order chi connectivity index (χ0) is 18.1. The number of carbonyl (C=O) groups excluding carboxylic acids is 2. The number of benzene rings is 2. The van der Waals surface area contributed by atoms with E-state index in [0.29, 0.717) is 18.0 Å². The van der Waals surface area contributed by atoms with E-state index in [-0.39, 0.29) is 18.2 Å². The molecule has 2 amide bonds. The van der Waals surface area contributed by atoms with Crippen LogP contribution in [0.3, 0.4) is 0 Å². The summed E-state index contributed by atoms with van der Waals surface area (Å²) >= 11 is 0. The second-order valence-electron chi connectivity index (χ2n) is 5.83. The van der Waals surface area contributed by atoms with E-state index >= 15 is 0 Å². The van der Waals surface area contributed by atoms with Crippen molar-refractivity contribution in [3.8, 4) is 11.5 Å². The van der Waals surface area contributed by atoms with E-state index in [4.69, 9.17) is 4.74 Å². The Morgan fingerprint density at radius 2 is 1.64 bits per heavy atom. The molecule has 25 heavy (non-hydrogen) atoms. The number of anilines is 1. The number of amides is 2. The van der Waals surface area contributed by atoms with Crippen LogP contribution in [0.15, 0.2) is 54.6 Å². The third-order valence-electron chi connectivity index (χ3n) is 3.70. The lowest BCUT2D eigenvalue weighted by atomic mass is 10.2. The quantitative estimate of drug-likeness (QED) is 0.737. The molecule has 1 N–H and O–H groups in total. The smallest absolute Gasteiger partial charge is 0.233 e. The molecule has 0 radical (unpaired) electrons. The van der Waals surface area contributed by atoms with E-state index in [1.165, 1.54) is 0 Å². The summed E-state index contributed by atoms with van der Waals surface area (Å²) in [5.74, 6) is 0.944. The van der Waals surface area contributed by atoms with E-state index < -0.39 is 0 Å². The molecule has 0 aliphatic rings. The summed E-state index contributed by atoms with van der Waals surface area (Å²) in [7, 11) is 1.72. The normalized spacial score (nSPS) is 10.2. The van der Waals surface area contributed by atoms with E-state index in [2.05, 4.69) is 12.2 Å². The fourth-order valence-electron chi connectivity index (χ4n) is 2.23. The van der Waals surface area contributed by atoms with Crippen LogP contribution >= 0.6 is 0 Å². The Labute approximate surface area is 148 Å². The van der Waals surface area contributed by atoms with Crippen LogP contribution in [0.5, 0.6) is 11.5 Å². The SMILES string of the molecule is CCCCN(C)C(=O)CC(=O)Nc1ccc(Oc2ccccc2)cc1. The van der Waals surface area contributed by atoms with Crippen molar-refractivity contribution >= 4 is 17.5 Å². The van der Waals surface area contributed by atoms with Gasteiger partial charge in [-0.1, -0.05) is 31.5 Å². The first-order valence-electron chi connectivity index (χ1n) is 8.45. The van der Waals surface area contributed by atoms with Crippen LogP contribution in [0.1, 0.15) is 26.2 Å². The van der Waals surface area contributed by atoms with Crippen molar-refractivity contribution in [1.82, 2.24) is 4.90 Å². The van der Waals surface area contributed by atoms with Crippen LogP contribution in [0, 0.1) is 0 Å². The van der Waals surface area contributed by atoms with Crippen LogP contribution < -0.4 is 10.1 Å². The number of rotatable bonds is 8. The Balaban J connectivity index is 1.84. The van der Waals surface area contributed by atoms with Crippen molar-refractivity contribution in [1.29, 1.82) is 0 Å². The Morgan fingerprint density at radius 1 is 1.00 bits per heavy atom. The number of unbranched alkanes of at least 4 members (excludes halogenated alkanes) is 1. The molecule has 2 rings (SSSR count). The van der Waals surface area contributed by atoms with Gasteiger partial charge in [-0.3, -0.25) is 9.59 Å². The fourth-order valence-corrected chi connectivity index (χ4v) is 2.23. The standard InChI is InChI=1S/C20H24N2O3/c1-3-4-14-22(2)20(24)15-19(23)21-16-10-12-18(13-11-16)25-17-8-6-5-7-9-17/h5-13H,3-4,14-15H2,1-2H3,(H,21,23). The van der Waals surface area contributed by atoms with Crippen molar-refractivity contribution in [3.63, 3.8) is 0 Å². The summed E-state index contributed by atoms with van der Waals surface area (Å²) in [6, 6.07) is 16.5. The van der Waals surface area contributed by atoms with Gasteiger partial charge >= 0.3 is 0 Å². The molecule has 0 aromatic heterocycles. The monoisotopic (exact) mass is 340 g/mol. The van der Waals surface area contributed by atoms with Crippen LogP contribution in [-0.4, -0.2) is 30.3 Å². The number of ether oxygens (including phenoxy) is 1. The van der Waals surface area contributed by atoms with Crippen molar-refractivity contribution in [2.75, 3.05) is 18.9 Å². The lowest BCUT2D eigenvalue weighted by Crippen LogP contribution is -2.31. The molecule has 0 aliphatic carbocycles. The summed E-state index contributed by atoms with van der Waals surface area (Å²) in [6.45, 7) is 2.74. The van der Waals surface area contributed by atoms with Crippen molar-refractivity contribution in [2.45, 2.75) is 26.2 Å². The lowest BCUT2D eigenvalue weighted by molar-refractivity contribution is -0.133. The Morgan fingerprint density at radius 3 is 2.28 bits per heavy atom. The minimum absolute atomic E-state index is 0.150. The van der Waals surface area contributed by atoms with Gasteiger partial charge in [0, 0.05) is 19.3 Å². The highest BCUT2D eigenvalue weighted by Crippen LogP contribution is 2.22. The summed E-state index contributed by atoms with van der Waals surface area (Å²) in [5.41, 5.74) is 0.634. The van der Waals surface area contributed by atoms with Crippen LogP contribution in [-0.2, 0) is 9.59 Å². The molecule has 5 heteroatoms. The largest absolute Gasteiger partial charge is 0.457 e. The molecule has 0 fully saturated rings. The third-order valence-corrected chi connectivity index (χ3v) is 3.70. The number of hydrogen-bond acceptors (Lipinski definition) is 3. The van der Waals surface area contributed by atoms with Crippen LogP contribution in [0.25, 0.3) is 0 Å². The molecule has 0 saturated heterocycles. The van der Waals surface area contributed by atoms with Gasteiger partial charge in [0.25, 0.3) is 0 Å². The molecule has 0 spiro atoms. The highest BCUT2D eigenvalue weighted by atomic mass is 16.5. The molecule has 0 atom stereocenters. The molecule has 2 aromatic carbocycles. The topological polar surface area (TPSA) is 58.6 Å². The molecule has 132 valence electrons.